The molecule has 0 saturated carbocycles. The average molecular weight is 355 g/mol. The second-order valence-electron chi connectivity index (χ2n) is 5.58. The lowest BCUT2D eigenvalue weighted by Gasteiger charge is -2.17. The van der Waals surface area contributed by atoms with Crippen molar-refractivity contribution in [1.82, 2.24) is 0 Å². The van der Waals surface area contributed by atoms with Gasteiger partial charge in [0, 0.05) is 0 Å². The van der Waals surface area contributed by atoms with Crippen molar-refractivity contribution in [3.05, 3.63) is 64.1 Å². The molecule has 5 heteroatoms. The molecule has 3 nitrogen and oxygen atoms in total. The predicted molar refractivity (Wildman–Crippen MR) is 105 cm³/mol. The average Bonchev–Trinajstić information content (AvgIpc) is 2.84. The second kappa shape index (κ2) is 6.79. The van der Waals surface area contributed by atoms with Crippen molar-refractivity contribution in [3.8, 4) is 5.75 Å². The molecule has 0 aromatic heterocycles. The van der Waals surface area contributed by atoms with Gasteiger partial charge in [-0.05, 0) is 54.8 Å². The Balaban J connectivity index is 1.93. The van der Waals surface area contributed by atoms with Crippen LogP contribution in [0.15, 0.2) is 47.4 Å². The molecule has 1 aliphatic heterocycles. The van der Waals surface area contributed by atoms with E-state index in [9.17, 15) is 4.79 Å². The Morgan fingerprint density at radius 3 is 2.50 bits per heavy atom. The molecule has 1 aliphatic rings. The van der Waals surface area contributed by atoms with Gasteiger partial charge in [-0.25, -0.2) is 0 Å². The van der Waals surface area contributed by atoms with Crippen LogP contribution < -0.4 is 9.64 Å². The number of amides is 1. The predicted octanol–water partition coefficient (Wildman–Crippen LogP) is 4.72. The molecule has 1 heterocycles. The van der Waals surface area contributed by atoms with Gasteiger partial charge in [0.2, 0.25) is 0 Å². The molecule has 1 amide bonds. The van der Waals surface area contributed by atoms with Crippen molar-refractivity contribution < 1.29 is 9.53 Å². The molecule has 0 N–H and O–H groups in total. The van der Waals surface area contributed by atoms with Crippen molar-refractivity contribution in [1.29, 1.82) is 0 Å². The highest BCUT2D eigenvalue weighted by molar-refractivity contribution is 8.27. The van der Waals surface area contributed by atoms with Gasteiger partial charge >= 0.3 is 0 Å². The Hall–Kier alpha value is -2.11. The van der Waals surface area contributed by atoms with Crippen LogP contribution >= 0.6 is 24.0 Å². The van der Waals surface area contributed by atoms with Gasteiger partial charge in [0.05, 0.1) is 17.7 Å². The van der Waals surface area contributed by atoms with Crippen LogP contribution in [-0.2, 0) is 4.79 Å². The number of benzene rings is 2. The van der Waals surface area contributed by atoms with E-state index >= 15 is 0 Å². The van der Waals surface area contributed by atoms with Gasteiger partial charge in [-0.3, -0.25) is 9.69 Å². The SMILES string of the molecule is COc1ccc(/C=C2\SC(=S)N(c3cc(C)ccc3C)C2=O)cc1. The van der Waals surface area contributed by atoms with Crippen molar-refractivity contribution in [2.24, 2.45) is 0 Å². The van der Waals surface area contributed by atoms with E-state index in [1.54, 1.807) is 12.0 Å². The van der Waals surface area contributed by atoms with Gasteiger partial charge < -0.3 is 4.74 Å². The Labute approximate surface area is 151 Å². The number of rotatable bonds is 3. The maximum absolute atomic E-state index is 12.8. The molecule has 0 atom stereocenters. The number of carbonyl (C=O) groups is 1. The first-order chi connectivity index (χ1) is 11.5. The number of thiocarbonyl (C=S) groups is 1. The summed E-state index contributed by atoms with van der Waals surface area (Å²) in [5.74, 6) is 0.713. The Morgan fingerprint density at radius 2 is 1.83 bits per heavy atom. The quantitative estimate of drug-likeness (QED) is 0.589. The lowest BCUT2D eigenvalue weighted by molar-refractivity contribution is -0.113. The normalized spacial score (nSPS) is 16.1. The third-order valence-corrected chi connectivity index (χ3v) is 5.11. The number of ether oxygens (including phenoxy) is 1. The van der Waals surface area contributed by atoms with Crippen LogP contribution in [0.4, 0.5) is 5.69 Å². The van der Waals surface area contributed by atoms with Crippen molar-refractivity contribution in [2.75, 3.05) is 12.0 Å². The maximum atomic E-state index is 12.8. The topological polar surface area (TPSA) is 29.5 Å². The molecule has 3 rings (SSSR count). The van der Waals surface area contributed by atoms with E-state index in [2.05, 4.69) is 0 Å². The zero-order chi connectivity index (χ0) is 17.3. The molecule has 2 aromatic rings. The summed E-state index contributed by atoms with van der Waals surface area (Å²) in [5, 5.41) is 0. The number of nitrogens with zero attached hydrogens (tertiary/aromatic N) is 1. The van der Waals surface area contributed by atoms with Crippen LogP contribution in [0.1, 0.15) is 16.7 Å². The van der Waals surface area contributed by atoms with E-state index < -0.39 is 0 Å². The standard InChI is InChI=1S/C19H17NO2S2/c1-12-4-5-13(2)16(10-12)20-18(21)17(24-19(20)23)11-14-6-8-15(22-3)9-7-14/h4-11H,1-3H3/b17-11-. The summed E-state index contributed by atoms with van der Waals surface area (Å²) >= 11 is 6.78. The molecule has 122 valence electrons. The Morgan fingerprint density at radius 1 is 1.12 bits per heavy atom. The van der Waals surface area contributed by atoms with Gasteiger partial charge in [0.25, 0.3) is 5.91 Å². The highest BCUT2D eigenvalue weighted by Gasteiger charge is 2.34. The lowest BCUT2D eigenvalue weighted by atomic mass is 10.1. The molecule has 0 spiro atoms. The Kier molecular flexibility index (Phi) is 4.73. The molecule has 1 saturated heterocycles. The van der Waals surface area contributed by atoms with E-state index in [-0.39, 0.29) is 5.91 Å². The number of aryl methyl sites for hydroxylation is 2. The summed E-state index contributed by atoms with van der Waals surface area (Å²) in [6.07, 6.45) is 1.86. The zero-order valence-corrected chi connectivity index (χ0v) is 15.3. The fourth-order valence-electron chi connectivity index (χ4n) is 2.49. The van der Waals surface area contributed by atoms with Crippen LogP contribution in [0.25, 0.3) is 6.08 Å². The van der Waals surface area contributed by atoms with Gasteiger partial charge in [-0.2, -0.15) is 0 Å². The first kappa shape index (κ1) is 16.7. The second-order valence-corrected chi connectivity index (χ2v) is 7.26. The fourth-order valence-corrected chi connectivity index (χ4v) is 3.77. The van der Waals surface area contributed by atoms with Crippen molar-refractivity contribution in [3.63, 3.8) is 0 Å². The minimum absolute atomic E-state index is 0.0745. The van der Waals surface area contributed by atoms with E-state index in [0.29, 0.717) is 9.23 Å². The van der Waals surface area contributed by atoms with Crippen LogP contribution in [0.3, 0.4) is 0 Å². The zero-order valence-electron chi connectivity index (χ0n) is 13.7. The number of hydrogen-bond donors (Lipinski definition) is 0. The molecule has 0 unspecified atom stereocenters. The Bertz CT molecular complexity index is 841. The first-order valence-electron chi connectivity index (χ1n) is 7.49. The smallest absolute Gasteiger partial charge is 0.270 e. The van der Waals surface area contributed by atoms with Crippen molar-refractivity contribution >= 4 is 46.0 Å². The summed E-state index contributed by atoms with van der Waals surface area (Å²) in [6, 6.07) is 13.6. The molecular formula is C19H17NO2S2. The monoisotopic (exact) mass is 355 g/mol. The van der Waals surface area contributed by atoms with E-state index in [4.69, 9.17) is 17.0 Å². The van der Waals surface area contributed by atoms with E-state index in [1.165, 1.54) is 11.8 Å². The minimum Gasteiger partial charge on any atom is -0.497 e. The molecule has 0 bridgehead atoms. The van der Waals surface area contributed by atoms with Crippen LogP contribution in [0.2, 0.25) is 0 Å². The van der Waals surface area contributed by atoms with Gasteiger partial charge in [0.1, 0.15) is 5.75 Å². The molecular weight excluding hydrogens is 338 g/mol. The fraction of sp³-hybridized carbons (Fsp3) is 0.158. The number of anilines is 1. The third kappa shape index (κ3) is 3.23. The van der Waals surface area contributed by atoms with Crippen LogP contribution in [-0.4, -0.2) is 17.3 Å². The number of methoxy groups -OCH3 is 1. The summed E-state index contributed by atoms with van der Waals surface area (Å²) in [7, 11) is 1.63. The number of carbonyl (C=O) groups excluding carboxylic acids is 1. The summed E-state index contributed by atoms with van der Waals surface area (Å²) in [6.45, 7) is 3.99. The third-order valence-electron chi connectivity index (χ3n) is 3.81. The molecule has 2 aromatic carbocycles. The van der Waals surface area contributed by atoms with Crippen LogP contribution in [0, 0.1) is 13.8 Å². The molecule has 24 heavy (non-hydrogen) atoms. The largest absolute Gasteiger partial charge is 0.497 e. The van der Waals surface area contributed by atoms with Gasteiger partial charge in [-0.1, -0.05) is 48.2 Å². The summed E-state index contributed by atoms with van der Waals surface area (Å²) in [4.78, 5) is 15.1. The van der Waals surface area contributed by atoms with Crippen molar-refractivity contribution in [2.45, 2.75) is 13.8 Å². The molecule has 1 fully saturated rings. The van der Waals surface area contributed by atoms with E-state index in [1.807, 2.05) is 62.4 Å². The molecule has 0 radical (unpaired) electrons. The number of hydrogen-bond acceptors (Lipinski definition) is 4. The van der Waals surface area contributed by atoms with Gasteiger partial charge in [0.15, 0.2) is 4.32 Å². The maximum Gasteiger partial charge on any atom is 0.270 e. The minimum atomic E-state index is -0.0745. The lowest BCUT2D eigenvalue weighted by Crippen LogP contribution is -2.28. The first-order valence-corrected chi connectivity index (χ1v) is 8.71. The summed E-state index contributed by atoms with van der Waals surface area (Å²) < 4.78 is 5.72. The van der Waals surface area contributed by atoms with E-state index in [0.717, 1.165) is 28.1 Å². The number of thioether (sulfide) groups is 1. The summed E-state index contributed by atoms with van der Waals surface area (Å²) in [5.41, 5.74) is 3.93. The molecule has 0 aliphatic carbocycles. The van der Waals surface area contributed by atoms with Crippen LogP contribution in [0.5, 0.6) is 5.75 Å². The van der Waals surface area contributed by atoms with Gasteiger partial charge in [-0.15, -0.1) is 0 Å². The highest BCUT2D eigenvalue weighted by atomic mass is 32.2. The highest BCUT2D eigenvalue weighted by Crippen LogP contribution is 2.37.